The molecule has 1 aromatic carbocycles. The second-order valence-corrected chi connectivity index (χ2v) is 6.22. The lowest BCUT2D eigenvalue weighted by Crippen LogP contribution is -2.49. The third-order valence-corrected chi connectivity index (χ3v) is 4.17. The van der Waals surface area contributed by atoms with Gasteiger partial charge in [0.1, 0.15) is 0 Å². The van der Waals surface area contributed by atoms with E-state index in [9.17, 15) is 19.2 Å². The molecule has 0 bridgehead atoms. The zero-order valence-electron chi connectivity index (χ0n) is 14.7. The van der Waals surface area contributed by atoms with Crippen LogP contribution in [0, 0.1) is 6.92 Å². The molecule has 1 aliphatic rings. The molecule has 8 heteroatoms. The summed E-state index contributed by atoms with van der Waals surface area (Å²) in [6.07, 6.45) is 2.37. The first-order chi connectivity index (χ1) is 12.4. The van der Waals surface area contributed by atoms with Crippen molar-refractivity contribution in [2.75, 3.05) is 18.0 Å². The Hall–Kier alpha value is -2.90. The molecule has 0 unspecified atom stereocenters. The first-order valence-corrected chi connectivity index (χ1v) is 8.60. The number of rotatable bonds is 8. The van der Waals surface area contributed by atoms with Gasteiger partial charge < -0.3 is 10.4 Å². The molecule has 2 rings (SSSR count). The van der Waals surface area contributed by atoms with E-state index in [4.69, 9.17) is 5.11 Å². The van der Waals surface area contributed by atoms with Crippen molar-refractivity contribution in [3.05, 3.63) is 29.3 Å². The van der Waals surface area contributed by atoms with Crippen LogP contribution in [0.3, 0.4) is 0 Å². The summed E-state index contributed by atoms with van der Waals surface area (Å²) in [5.41, 5.74) is 1.87. The summed E-state index contributed by atoms with van der Waals surface area (Å²) in [7, 11) is 0. The van der Waals surface area contributed by atoms with Crippen LogP contribution in [0.5, 0.6) is 0 Å². The zero-order valence-corrected chi connectivity index (χ0v) is 14.7. The van der Waals surface area contributed by atoms with Crippen LogP contribution in [-0.4, -0.2) is 42.0 Å². The molecule has 0 spiro atoms. The Morgan fingerprint density at radius 1 is 1.23 bits per heavy atom. The molecule has 1 aromatic rings. The third kappa shape index (κ3) is 5.30. The summed E-state index contributed by atoms with van der Waals surface area (Å²) in [5, 5.41) is 13.6. The van der Waals surface area contributed by atoms with Gasteiger partial charge in [0.2, 0.25) is 5.91 Å². The first-order valence-electron chi connectivity index (χ1n) is 8.60. The predicted molar refractivity (Wildman–Crippen MR) is 95.1 cm³/mol. The summed E-state index contributed by atoms with van der Waals surface area (Å²) < 4.78 is 0. The molecular weight excluding hydrogens is 338 g/mol. The van der Waals surface area contributed by atoms with E-state index in [1.165, 1.54) is 4.90 Å². The predicted octanol–water partition coefficient (Wildman–Crippen LogP) is 1.82. The van der Waals surface area contributed by atoms with Crippen molar-refractivity contribution in [1.29, 1.82) is 0 Å². The Bertz CT molecular complexity index is 717. The molecule has 1 heterocycles. The molecule has 8 nitrogen and oxygen atoms in total. The molecule has 26 heavy (non-hydrogen) atoms. The number of urea groups is 1. The number of carbonyl (C=O) groups excluding carboxylic acids is 3. The van der Waals surface area contributed by atoms with Gasteiger partial charge in [0.25, 0.3) is 5.91 Å². The lowest BCUT2D eigenvalue weighted by Gasteiger charge is -2.28. The average Bonchev–Trinajstić information content (AvgIpc) is 2.58. The van der Waals surface area contributed by atoms with E-state index < -0.39 is 12.0 Å². The Balaban J connectivity index is 1.93. The first kappa shape index (κ1) is 19.4. The highest BCUT2D eigenvalue weighted by Crippen LogP contribution is 2.23. The van der Waals surface area contributed by atoms with Gasteiger partial charge >= 0.3 is 12.0 Å². The number of carboxylic acid groups (broad SMARTS) is 1. The lowest BCUT2D eigenvalue weighted by molar-refractivity contribution is -0.137. The number of nitrogens with zero attached hydrogens (tertiary/aromatic N) is 1. The van der Waals surface area contributed by atoms with E-state index in [1.807, 2.05) is 6.92 Å². The van der Waals surface area contributed by atoms with Crippen LogP contribution in [0.1, 0.15) is 48.0 Å². The molecule has 1 fully saturated rings. The van der Waals surface area contributed by atoms with Gasteiger partial charge in [0.05, 0.1) is 0 Å². The Kier molecular flexibility index (Phi) is 6.71. The van der Waals surface area contributed by atoms with Crippen molar-refractivity contribution < 1.29 is 24.3 Å². The summed E-state index contributed by atoms with van der Waals surface area (Å²) >= 11 is 0. The van der Waals surface area contributed by atoms with Gasteiger partial charge in [0, 0.05) is 37.2 Å². The number of carbonyl (C=O) groups is 4. The lowest BCUT2D eigenvalue weighted by atomic mass is 10.1. The maximum Gasteiger partial charge on any atom is 0.328 e. The van der Waals surface area contributed by atoms with Crippen LogP contribution in [0.2, 0.25) is 0 Å². The van der Waals surface area contributed by atoms with Crippen LogP contribution in [0.15, 0.2) is 18.2 Å². The van der Waals surface area contributed by atoms with Crippen LogP contribution >= 0.6 is 0 Å². The van der Waals surface area contributed by atoms with Gasteiger partial charge in [-0.1, -0.05) is 12.5 Å². The minimum Gasteiger partial charge on any atom is -0.481 e. The van der Waals surface area contributed by atoms with Gasteiger partial charge in [-0.2, -0.15) is 0 Å². The van der Waals surface area contributed by atoms with Gasteiger partial charge in [-0.15, -0.1) is 0 Å². The molecule has 0 atom stereocenters. The second-order valence-electron chi connectivity index (χ2n) is 6.22. The summed E-state index contributed by atoms with van der Waals surface area (Å²) in [4.78, 5) is 47.5. The van der Waals surface area contributed by atoms with Crippen LogP contribution in [0.4, 0.5) is 10.5 Å². The number of hydrogen-bond donors (Lipinski definition) is 3. The number of benzene rings is 1. The monoisotopic (exact) mass is 361 g/mol. The number of anilines is 1. The van der Waals surface area contributed by atoms with E-state index in [0.29, 0.717) is 30.6 Å². The highest BCUT2D eigenvalue weighted by molar-refractivity contribution is 6.06. The topological polar surface area (TPSA) is 116 Å². The molecule has 140 valence electrons. The number of hydrogen-bond acceptors (Lipinski definition) is 4. The number of aryl methyl sites for hydroxylation is 1. The third-order valence-electron chi connectivity index (χ3n) is 4.17. The van der Waals surface area contributed by atoms with Crippen molar-refractivity contribution in [3.8, 4) is 0 Å². The standard InChI is InChI=1S/C18H23N3O5/c1-12-6-7-13(17(25)19-9-4-2-3-5-16(23)24)11-14(12)21-10-8-15(22)20-18(21)26/h6-7,11H,2-5,8-10H2,1H3,(H,19,25)(H,23,24)(H,20,22,26). The molecular formula is C18H23N3O5. The van der Waals surface area contributed by atoms with Crippen molar-refractivity contribution in [3.63, 3.8) is 0 Å². The molecule has 4 amide bonds. The fourth-order valence-corrected chi connectivity index (χ4v) is 2.72. The fraction of sp³-hybridized carbons (Fsp3) is 0.444. The maximum absolute atomic E-state index is 12.3. The Labute approximate surface area is 151 Å². The van der Waals surface area contributed by atoms with E-state index in [1.54, 1.807) is 18.2 Å². The molecule has 1 saturated heterocycles. The van der Waals surface area contributed by atoms with E-state index in [0.717, 1.165) is 12.0 Å². The number of imide groups is 1. The highest BCUT2D eigenvalue weighted by Gasteiger charge is 2.25. The normalized spacial score (nSPS) is 14.1. The summed E-state index contributed by atoms with van der Waals surface area (Å²) in [6, 6.07) is 4.61. The van der Waals surface area contributed by atoms with Crippen LogP contribution in [0.25, 0.3) is 0 Å². The Morgan fingerprint density at radius 3 is 2.69 bits per heavy atom. The van der Waals surface area contributed by atoms with E-state index >= 15 is 0 Å². The Morgan fingerprint density at radius 2 is 2.00 bits per heavy atom. The largest absolute Gasteiger partial charge is 0.481 e. The molecule has 0 radical (unpaired) electrons. The molecule has 0 aromatic heterocycles. The number of aliphatic carboxylic acids is 1. The average molecular weight is 361 g/mol. The zero-order chi connectivity index (χ0) is 19.1. The van der Waals surface area contributed by atoms with Gasteiger partial charge in [-0.05, 0) is 37.5 Å². The van der Waals surface area contributed by atoms with E-state index in [2.05, 4.69) is 10.6 Å². The SMILES string of the molecule is Cc1ccc(C(=O)NCCCCCC(=O)O)cc1N1CCC(=O)NC1=O. The van der Waals surface area contributed by atoms with Gasteiger partial charge in [0.15, 0.2) is 0 Å². The summed E-state index contributed by atoms with van der Waals surface area (Å²) in [5.74, 6) is -1.37. The van der Waals surface area contributed by atoms with Crippen LogP contribution < -0.4 is 15.5 Å². The summed E-state index contributed by atoms with van der Waals surface area (Å²) in [6.45, 7) is 2.57. The van der Waals surface area contributed by atoms with Gasteiger partial charge in [-0.25, -0.2) is 4.79 Å². The molecule has 3 N–H and O–H groups in total. The number of unbranched alkanes of at least 4 members (excludes halogenated alkanes) is 2. The van der Waals surface area contributed by atoms with Crippen molar-refractivity contribution in [1.82, 2.24) is 10.6 Å². The minimum atomic E-state index is -0.815. The second kappa shape index (κ2) is 8.98. The quantitative estimate of drug-likeness (QED) is 0.611. The molecule has 0 aliphatic carbocycles. The molecule has 1 aliphatic heterocycles. The van der Waals surface area contributed by atoms with Gasteiger partial charge in [-0.3, -0.25) is 24.6 Å². The molecule has 0 saturated carbocycles. The van der Waals surface area contributed by atoms with E-state index in [-0.39, 0.29) is 31.2 Å². The van der Waals surface area contributed by atoms with Crippen molar-refractivity contribution in [2.45, 2.75) is 39.0 Å². The fourth-order valence-electron chi connectivity index (χ4n) is 2.72. The maximum atomic E-state index is 12.3. The number of nitrogens with one attached hydrogen (secondary N) is 2. The van der Waals surface area contributed by atoms with Crippen LogP contribution in [-0.2, 0) is 9.59 Å². The minimum absolute atomic E-state index is 0.135. The highest BCUT2D eigenvalue weighted by atomic mass is 16.4. The number of amides is 4. The van der Waals surface area contributed by atoms with Crippen molar-refractivity contribution in [2.24, 2.45) is 0 Å². The number of carboxylic acids is 1. The smallest absolute Gasteiger partial charge is 0.328 e. The van der Waals surface area contributed by atoms with Crippen molar-refractivity contribution >= 4 is 29.5 Å².